The summed E-state index contributed by atoms with van der Waals surface area (Å²) in [7, 11) is -0.673. The van der Waals surface area contributed by atoms with Crippen LogP contribution in [0.25, 0.3) is 0 Å². The monoisotopic (exact) mass is 423 g/mol. The fraction of sp³-hybridized carbons (Fsp3) is 0.474. The molecule has 1 amide bonds. The molecule has 2 heterocycles. The smallest absolute Gasteiger partial charge is 0.253 e. The first-order chi connectivity index (χ1) is 13.8. The van der Waals surface area contributed by atoms with Gasteiger partial charge in [-0.05, 0) is 44.9 Å². The van der Waals surface area contributed by atoms with Crippen molar-refractivity contribution in [2.45, 2.75) is 37.6 Å². The first-order valence-electron chi connectivity index (χ1n) is 9.23. The molecular formula is C19H25N3O6S. The van der Waals surface area contributed by atoms with E-state index in [9.17, 15) is 13.2 Å². The van der Waals surface area contributed by atoms with E-state index < -0.39 is 10.0 Å². The Balaban J connectivity index is 1.64. The van der Waals surface area contributed by atoms with Gasteiger partial charge in [0.1, 0.15) is 10.6 Å². The number of nitrogens with one attached hydrogen (secondary N) is 1. The molecule has 1 N–H and O–H groups in total. The number of piperidine rings is 1. The summed E-state index contributed by atoms with van der Waals surface area (Å²) in [6.45, 7) is 4.05. The van der Waals surface area contributed by atoms with E-state index in [2.05, 4.69) is 9.88 Å². The first-order valence-corrected chi connectivity index (χ1v) is 10.7. The number of carbonyl (C=O) groups is 1. The predicted molar refractivity (Wildman–Crippen MR) is 105 cm³/mol. The predicted octanol–water partition coefficient (Wildman–Crippen LogP) is 1.89. The third kappa shape index (κ3) is 4.38. The van der Waals surface area contributed by atoms with Gasteiger partial charge in [0, 0.05) is 24.7 Å². The van der Waals surface area contributed by atoms with Crippen LogP contribution in [0.4, 0.5) is 0 Å². The van der Waals surface area contributed by atoms with Crippen molar-refractivity contribution in [3.63, 3.8) is 0 Å². The summed E-state index contributed by atoms with van der Waals surface area (Å²) >= 11 is 0. The molecule has 158 valence electrons. The maximum Gasteiger partial charge on any atom is 0.253 e. The molecule has 0 saturated carbocycles. The average Bonchev–Trinajstić information content (AvgIpc) is 3.06. The fourth-order valence-corrected chi connectivity index (χ4v) is 5.12. The SMILES string of the molecule is COc1ccc(C(=O)N2CCC(NS(=O)(=O)c3c(C)noc3C)CC2)cc1OC. The van der Waals surface area contributed by atoms with Crippen molar-refractivity contribution in [2.24, 2.45) is 0 Å². The van der Waals surface area contributed by atoms with Crippen LogP contribution in [0.1, 0.15) is 34.7 Å². The number of rotatable bonds is 6. The van der Waals surface area contributed by atoms with Gasteiger partial charge in [0.15, 0.2) is 17.3 Å². The number of sulfonamides is 1. The topological polar surface area (TPSA) is 111 Å². The molecule has 0 unspecified atom stereocenters. The molecule has 1 saturated heterocycles. The van der Waals surface area contributed by atoms with Crippen LogP contribution >= 0.6 is 0 Å². The second kappa shape index (κ2) is 8.42. The average molecular weight is 423 g/mol. The molecule has 1 fully saturated rings. The minimum absolute atomic E-state index is 0.0846. The van der Waals surface area contributed by atoms with E-state index in [0.29, 0.717) is 48.7 Å². The third-order valence-electron chi connectivity index (χ3n) is 4.97. The minimum atomic E-state index is -3.72. The van der Waals surface area contributed by atoms with E-state index in [0.717, 1.165) is 0 Å². The molecule has 9 nitrogen and oxygen atoms in total. The maximum atomic E-state index is 12.8. The molecule has 1 aromatic heterocycles. The minimum Gasteiger partial charge on any atom is -0.493 e. The standard InChI is InChI=1S/C19H25N3O6S/c1-12-18(13(2)28-20-12)29(24,25)21-15-7-9-22(10-8-15)19(23)14-5-6-16(26-3)17(11-14)27-4/h5-6,11,15,21H,7-10H2,1-4H3. The molecule has 3 rings (SSSR count). The van der Waals surface area contributed by atoms with E-state index in [1.54, 1.807) is 36.9 Å². The van der Waals surface area contributed by atoms with Gasteiger partial charge in [-0.15, -0.1) is 0 Å². The number of methoxy groups -OCH3 is 2. The Bertz CT molecular complexity index is 974. The van der Waals surface area contributed by atoms with Gasteiger partial charge in [-0.2, -0.15) is 0 Å². The van der Waals surface area contributed by atoms with Crippen molar-refractivity contribution >= 4 is 15.9 Å². The Morgan fingerprint density at radius 3 is 2.38 bits per heavy atom. The second-order valence-electron chi connectivity index (χ2n) is 6.91. The molecule has 2 aromatic rings. The van der Waals surface area contributed by atoms with Gasteiger partial charge in [0.25, 0.3) is 5.91 Å². The van der Waals surface area contributed by atoms with Gasteiger partial charge in [0.05, 0.1) is 14.2 Å². The summed E-state index contributed by atoms with van der Waals surface area (Å²) in [6.07, 6.45) is 1.03. The number of hydrogen-bond donors (Lipinski definition) is 1. The van der Waals surface area contributed by atoms with Crippen molar-refractivity contribution in [3.05, 3.63) is 35.2 Å². The number of carbonyl (C=O) groups excluding carboxylic acids is 1. The normalized spacial score (nSPS) is 15.4. The zero-order chi connectivity index (χ0) is 21.2. The van der Waals surface area contributed by atoms with Gasteiger partial charge < -0.3 is 18.9 Å². The van der Waals surface area contributed by atoms with Crippen molar-refractivity contribution in [1.82, 2.24) is 14.8 Å². The van der Waals surface area contributed by atoms with Crippen molar-refractivity contribution < 1.29 is 27.2 Å². The molecule has 0 aliphatic carbocycles. The van der Waals surface area contributed by atoms with E-state index in [1.165, 1.54) is 14.2 Å². The molecule has 0 radical (unpaired) electrons. The van der Waals surface area contributed by atoms with Gasteiger partial charge in [-0.3, -0.25) is 4.79 Å². The molecule has 0 spiro atoms. The lowest BCUT2D eigenvalue weighted by Crippen LogP contribution is -2.46. The number of aromatic nitrogens is 1. The van der Waals surface area contributed by atoms with Crippen molar-refractivity contribution in [2.75, 3.05) is 27.3 Å². The highest BCUT2D eigenvalue weighted by Gasteiger charge is 2.30. The molecule has 10 heteroatoms. The summed E-state index contributed by atoms with van der Waals surface area (Å²) in [4.78, 5) is 14.6. The van der Waals surface area contributed by atoms with Crippen LogP contribution in [-0.4, -0.2) is 57.7 Å². The number of aryl methyl sites for hydroxylation is 2. The Kier molecular flexibility index (Phi) is 6.13. The summed E-state index contributed by atoms with van der Waals surface area (Å²) < 4.78 is 43.4. The fourth-order valence-electron chi connectivity index (χ4n) is 3.49. The van der Waals surface area contributed by atoms with Crippen LogP contribution in [0.3, 0.4) is 0 Å². The number of amides is 1. The highest BCUT2D eigenvalue weighted by atomic mass is 32.2. The number of benzene rings is 1. The largest absolute Gasteiger partial charge is 0.493 e. The van der Waals surface area contributed by atoms with E-state index in [-0.39, 0.29) is 22.6 Å². The molecular weight excluding hydrogens is 398 g/mol. The summed E-state index contributed by atoms with van der Waals surface area (Å²) in [6, 6.07) is 4.77. The van der Waals surface area contributed by atoms with Crippen LogP contribution in [0.5, 0.6) is 11.5 Å². The quantitative estimate of drug-likeness (QED) is 0.755. The maximum absolute atomic E-state index is 12.8. The summed E-state index contributed by atoms with van der Waals surface area (Å²) in [5.41, 5.74) is 0.827. The Labute approximate surface area is 170 Å². The first kappa shape index (κ1) is 21.1. The molecule has 1 aromatic carbocycles. The zero-order valence-corrected chi connectivity index (χ0v) is 17.7. The van der Waals surface area contributed by atoms with Gasteiger partial charge in [0.2, 0.25) is 10.0 Å². The molecule has 29 heavy (non-hydrogen) atoms. The molecule has 1 aliphatic rings. The Morgan fingerprint density at radius 2 is 1.83 bits per heavy atom. The lowest BCUT2D eigenvalue weighted by molar-refractivity contribution is 0.0711. The van der Waals surface area contributed by atoms with Crippen LogP contribution in [0.15, 0.2) is 27.6 Å². The summed E-state index contributed by atoms with van der Waals surface area (Å²) in [5.74, 6) is 1.17. The highest BCUT2D eigenvalue weighted by Crippen LogP contribution is 2.28. The van der Waals surface area contributed by atoms with Crippen LogP contribution < -0.4 is 14.2 Å². The van der Waals surface area contributed by atoms with Crippen molar-refractivity contribution in [1.29, 1.82) is 0 Å². The zero-order valence-electron chi connectivity index (χ0n) is 16.9. The van der Waals surface area contributed by atoms with Crippen LogP contribution in [0.2, 0.25) is 0 Å². The van der Waals surface area contributed by atoms with E-state index in [1.807, 2.05) is 0 Å². The van der Waals surface area contributed by atoms with Gasteiger partial charge in [-0.25, -0.2) is 13.1 Å². The van der Waals surface area contributed by atoms with Crippen LogP contribution in [-0.2, 0) is 10.0 Å². The molecule has 0 bridgehead atoms. The van der Waals surface area contributed by atoms with Crippen molar-refractivity contribution in [3.8, 4) is 11.5 Å². The molecule has 0 atom stereocenters. The number of ether oxygens (including phenoxy) is 2. The van der Waals surface area contributed by atoms with E-state index in [4.69, 9.17) is 14.0 Å². The number of nitrogens with zero attached hydrogens (tertiary/aromatic N) is 2. The third-order valence-corrected chi connectivity index (χ3v) is 6.74. The number of likely N-dealkylation sites (tertiary alicyclic amines) is 1. The molecule has 1 aliphatic heterocycles. The Hall–Kier alpha value is -2.59. The van der Waals surface area contributed by atoms with Gasteiger partial charge >= 0.3 is 0 Å². The lowest BCUT2D eigenvalue weighted by Gasteiger charge is -2.32. The van der Waals surface area contributed by atoms with Gasteiger partial charge in [-0.1, -0.05) is 5.16 Å². The highest BCUT2D eigenvalue weighted by molar-refractivity contribution is 7.89. The lowest BCUT2D eigenvalue weighted by atomic mass is 10.0. The number of hydrogen-bond acceptors (Lipinski definition) is 7. The Morgan fingerprint density at radius 1 is 1.17 bits per heavy atom. The second-order valence-corrected chi connectivity index (χ2v) is 8.56. The van der Waals surface area contributed by atoms with Crippen LogP contribution in [0, 0.1) is 13.8 Å². The summed E-state index contributed by atoms with van der Waals surface area (Å²) in [5, 5.41) is 3.70. The van der Waals surface area contributed by atoms with E-state index >= 15 is 0 Å².